The number of carbonyl (C=O) groups excluding carboxylic acids is 8. The second-order valence-corrected chi connectivity index (χ2v) is 23.1. The molecule has 0 aromatic heterocycles. The van der Waals surface area contributed by atoms with Gasteiger partial charge in [-0.15, -0.1) is 8.93 Å². The van der Waals surface area contributed by atoms with Crippen LogP contribution < -0.4 is 21.3 Å². The Morgan fingerprint density at radius 1 is 0.595 bits per heavy atom. The lowest BCUT2D eigenvalue weighted by molar-refractivity contribution is -0.142. The van der Waals surface area contributed by atoms with E-state index in [-0.39, 0.29) is 78.2 Å². The standard InChI is InChI=1S/C10H19NO5.C9H15NO5.C8H15NO5.C8H10O.C7H11NO5.C7H8O.C2H8P2/c1-7(13)15-6-8(5-12)11-9(14)16-10(2,3)4;1-9(2,3)15-7(11)10-6-4-13-8(12)14-5-6;1-3-13-8(12)9-7(4-10)5-14-6(2)11;1-9-7-8-5-3-2-4-6-8;1-2-11-6(9)8-5-3-12-7(10)13-4-5;8-6-7-4-2-1-3-5-7;1-4(2)3/h8,12H,5-6H2,1-4H3,(H,11,14);6H,4-5H2,1-3H3,(H,10,11);7,10H,3-5H2,1-2H3,(H,9,12);2-6H,7H2,1H3;5H,2-4H2,1H3,(H,8,9);1-5,8H,6H2;3H2,1-2H3. The first-order valence-electron chi connectivity index (χ1n) is 24.6. The van der Waals surface area contributed by atoms with Gasteiger partial charge >= 0.3 is 48.6 Å². The van der Waals surface area contributed by atoms with Gasteiger partial charge in [-0.25, -0.2) is 28.8 Å². The third-order valence-electron chi connectivity index (χ3n) is 7.84. The topological polar surface area (TPSA) is 347 Å². The van der Waals surface area contributed by atoms with Crippen LogP contribution in [0.25, 0.3) is 0 Å². The number of carbonyl (C=O) groups is 8. The van der Waals surface area contributed by atoms with Crippen LogP contribution in [0.1, 0.15) is 80.4 Å². The monoisotopic (exact) mass is 1170 g/mol. The summed E-state index contributed by atoms with van der Waals surface area (Å²) in [6.07, 6.45) is -3.79. The summed E-state index contributed by atoms with van der Waals surface area (Å²) in [4.78, 5) is 86.2. The number of rotatable bonds is 15. The highest BCUT2D eigenvalue weighted by Crippen LogP contribution is 2.33. The number of amides is 4. The fourth-order valence-electron chi connectivity index (χ4n) is 4.69. The molecule has 79 heavy (non-hydrogen) atoms. The van der Waals surface area contributed by atoms with E-state index in [0.717, 1.165) is 5.56 Å². The molecule has 28 heteroatoms. The highest BCUT2D eigenvalue weighted by atomic mass is 32.0. The van der Waals surface area contributed by atoms with Crippen LogP contribution in [-0.2, 0) is 74.9 Å². The highest BCUT2D eigenvalue weighted by molar-refractivity contribution is 8.12. The molecule has 452 valence electrons. The van der Waals surface area contributed by atoms with E-state index < -0.39 is 71.9 Å². The van der Waals surface area contributed by atoms with E-state index in [0.29, 0.717) is 20.8 Å². The Balaban J connectivity index is -0.000000875. The number of aliphatic hydroxyl groups excluding tert-OH is 3. The molecule has 2 aliphatic heterocycles. The number of aliphatic hydroxyl groups is 3. The van der Waals surface area contributed by atoms with Gasteiger partial charge in [-0.05, 0) is 79.8 Å². The number of nitrogens with one attached hydrogen (secondary N) is 4. The van der Waals surface area contributed by atoms with Crippen molar-refractivity contribution in [3.8, 4) is 0 Å². The molecule has 3 unspecified atom stereocenters. The summed E-state index contributed by atoms with van der Waals surface area (Å²) >= 11 is 0. The summed E-state index contributed by atoms with van der Waals surface area (Å²) in [5.74, 6) is -0.932. The number of ether oxygens (including phenoxy) is 11. The summed E-state index contributed by atoms with van der Waals surface area (Å²) < 4.78 is 51.6. The maximum Gasteiger partial charge on any atom is 0.508 e. The van der Waals surface area contributed by atoms with Gasteiger partial charge in [0.05, 0.1) is 51.7 Å². The Kier molecular flexibility index (Phi) is 45.4. The zero-order chi connectivity index (χ0) is 60.8. The molecule has 7 N–H and O–H groups in total. The summed E-state index contributed by atoms with van der Waals surface area (Å²) in [6.45, 7) is 21.8. The maximum atomic E-state index is 11.3. The van der Waals surface area contributed by atoms with Gasteiger partial charge in [0.2, 0.25) is 0 Å². The van der Waals surface area contributed by atoms with Crippen LogP contribution in [0.15, 0.2) is 60.7 Å². The van der Waals surface area contributed by atoms with Crippen molar-refractivity contribution in [1.29, 1.82) is 0 Å². The molecule has 2 aliphatic rings. The van der Waals surface area contributed by atoms with E-state index in [4.69, 9.17) is 29.5 Å². The number of benzene rings is 2. The molecular formula is C51H86N4O22P2. The highest BCUT2D eigenvalue weighted by Gasteiger charge is 2.26. The van der Waals surface area contributed by atoms with Crippen LogP contribution in [0.4, 0.5) is 28.8 Å². The van der Waals surface area contributed by atoms with Crippen molar-refractivity contribution in [2.75, 3.05) is 86.5 Å². The molecular weight excluding hydrogens is 1080 g/mol. The van der Waals surface area contributed by atoms with Crippen LogP contribution in [0.3, 0.4) is 0 Å². The van der Waals surface area contributed by atoms with Crippen molar-refractivity contribution in [1.82, 2.24) is 21.3 Å². The maximum absolute atomic E-state index is 11.3. The number of hydrogen-bond donors (Lipinski definition) is 7. The summed E-state index contributed by atoms with van der Waals surface area (Å²) in [5, 5.41) is 36.0. The zero-order valence-electron chi connectivity index (χ0n) is 47.7. The van der Waals surface area contributed by atoms with E-state index in [1.165, 1.54) is 19.4 Å². The SMILES string of the molecule is CC(=O)OCC(CO)NC(=O)OC(C)(C)C.CC(C)(C)OC(=O)NC1COC(=O)OC1.CCOC(=O)NC(CO)COC(C)=O.CCOC(=O)NC1COC(=O)OC1.COCc1ccccc1.CP(C)P.OCc1ccccc1. The lowest BCUT2D eigenvalue weighted by atomic mass is 10.2. The minimum Gasteiger partial charge on any atom is -0.464 e. The summed E-state index contributed by atoms with van der Waals surface area (Å²) in [5.41, 5.74) is 1.04. The molecule has 2 aromatic carbocycles. The average molecular weight is 1170 g/mol. The van der Waals surface area contributed by atoms with Crippen molar-refractivity contribution in [2.45, 2.75) is 118 Å². The smallest absolute Gasteiger partial charge is 0.464 e. The Morgan fingerprint density at radius 3 is 1.25 bits per heavy atom. The molecule has 2 heterocycles. The lowest BCUT2D eigenvalue weighted by Crippen LogP contribution is -2.47. The van der Waals surface area contributed by atoms with Crippen molar-refractivity contribution < 1.29 is 106 Å². The van der Waals surface area contributed by atoms with Gasteiger partial charge < -0.3 is 88.7 Å². The number of alkyl carbamates (subject to hydrolysis) is 4. The van der Waals surface area contributed by atoms with E-state index in [1.54, 1.807) is 62.5 Å². The van der Waals surface area contributed by atoms with Crippen molar-refractivity contribution in [3.05, 3.63) is 71.8 Å². The Labute approximate surface area is 467 Å². The molecule has 0 radical (unpaired) electrons. The average Bonchev–Trinajstić information content (AvgIpc) is 3.36. The Morgan fingerprint density at radius 2 is 0.937 bits per heavy atom. The molecule has 4 rings (SSSR count). The second-order valence-electron chi connectivity index (χ2n) is 18.1. The van der Waals surface area contributed by atoms with Crippen molar-refractivity contribution >= 4 is 65.2 Å². The minimum absolute atomic E-state index is 0.0648. The number of esters is 2. The van der Waals surface area contributed by atoms with Crippen molar-refractivity contribution in [3.63, 3.8) is 0 Å². The van der Waals surface area contributed by atoms with Gasteiger partial charge in [-0.3, -0.25) is 9.59 Å². The van der Waals surface area contributed by atoms with E-state index in [2.05, 4.69) is 81.4 Å². The van der Waals surface area contributed by atoms with Gasteiger partial charge in [0.25, 0.3) is 0 Å². The summed E-state index contributed by atoms with van der Waals surface area (Å²) in [7, 11) is 4.72. The van der Waals surface area contributed by atoms with Gasteiger partial charge in [0.15, 0.2) is 0 Å². The predicted molar refractivity (Wildman–Crippen MR) is 294 cm³/mol. The first-order chi connectivity index (χ1) is 37.0. The minimum atomic E-state index is -0.711. The van der Waals surface area contributed by atoms with Gasteiger partial charge in [0, 0.05) is 21.0 Å². The zero-order valence-corrected chi connectivity index (χ0v) is 49.7. The molecule has 3 atom stereocenters. The quantitative estimate of drug-likeness (QED) is 0.0616. The van der Waals surface area contributed by atoms with Crippen LogP contribution in [0.5, 0.6) is 0 Å². The Bertz CT molecular complexity index is 1960. The molecule has 0 spiro atoms. The first kappa shape index (κ1) is 76.9. The Hall–Kier alpha value is -6.30. The van der Waals surface area contributed by atoms with E-state index in [9.17, 15) is 38.4 Å². The third-order valence-corrected chi connectivity index (χ3v) is 7.84. The normalized spacial score (nSPS) is 13.3. The largest absolute Gasteiger partial charge is 0.508 e. The number of cyclic esters (lactones) is 4. The fourth-order valence-corrected chi connectivity index (χ4v) is 4.69. The molecule has 26 nitrogen and oxygen atoms in total. The molecule has 4 amide bonds. The third kappa shape index (κ3) is 53.5. The number of hydrogen-bond acceptors (Lipinski definition) is 22. The van der Waals surface area contributed by atoms with Crippen LogP contribution in [0, 0.1) is 0 Å². The van der Waals surface area contributed by atoms with Crippen LogP contribution >= 0.6 is 16.5 Å². The van der Waals surface area contributed by atoms with Gasteiger partial charge in [-0.2, -0.15) is 0 Å². The molecule has 0 bridgehead atoms. The van der Waals surface area contributed by atoms with E-state index >= 15 is 0 Å². The molecule has 0 aliphatic carbocycles. The molecule has 2 fully saturated rings. The van der Waals surface area contributed by atoms with Crippen LogP contribution in [-0.4, -0.2) is 186 Å². The molecule has 0 saturated carbocycles. The van der Waals surface area contributed by atoms with Gasteiger partial charge in [0.1, 0.15) is 62.9 Å². The molecule has 2 saturated heterocycles. The van der Waals surface area contributed by atoms with Gasteiger partial charge in [-0.1, -0.05) is 68.3 Å². The lowest BCUT2D eigenvalue weighted by Gasteiger charge is -2.25. The molecule has 2 aromatic rings. The van der Waals surface area contributed by atoms with Crippen molar-refractivity contribution in [2.24, 2.45) is 0 Å². The second kappa shape index (κ2) is 46.6. The fraction of sp³-hybridized carbons (Fsp3) is 0.608. The predicted octanol–water partition coefficient (Wildman–Crippen LogP) is 5.94. The van der Waals surface area contributed by atoms with Crippen LogP contribution in [0.2, 0.25) is 0 Å². The van der Waals surface area contributed by atoms with E-state index in [1.807, 2.05) is 60.7 Å². The number of methoxy groups -OCH3 is 1. The summed E-state index contributed by atoms with van der Waals surface area (Å²) in [6, 6.07) is 17.7. The first-order valence-corrected chi connectivity index (χ1v) is 28.4.